The molecule has 9 nitrogen and oxygen atoms in total. The molecule has 1 atom stereocenters. The lowest BCUT2D eigenvalue weighted by Gasteiger charge is -2.32. The van der Waals surface area contributed by atoms with Gasteiger partial charge in [0.05, 0.1) is 17.1 Å². The first-order valence-electron chi connectivity index (χ1n) is 11.9. The summed E-state index contributed by atoms with van der Waals surface area (Å²) in [5.74, 6) is 2.16. The first kappa shape index (κ1) is 24.4. The van der Waals surface area contributed by atoms with Gasteiger partial charge in [0.25, 0.3) is 0 Å². The zero-order valence-electron chi connectivity index (χ0n) is 20.8. The second-order valence-electron chi connectivity index (χ2n) is 9.84. The standard InChI is InChI=1S/C25H36N6O3/c1-25(2,3)31-24-21(15-27-31)23(30(5)18-9-11-33-12-10-18)28-22(29-24)17-7-6-8-20(13-17)34-16-19(32)14-26-4/h6-8,13,15,18-19,26,32H,9-12,14,16H2,1-5H3. The van der Waals surface area contributed by atoms with Crippen LogP contribution in [0.15, 0.2) is 30.5 Å². The number of fused-ring (bicyclic) bond motifs is 1. The molecular weight excluding hydrogens is 432 g/mol. The van der Waals surface area contributed by atoms with Gasteiger partial charge in [-0.3, -0.25) is 0 Å². The van der Waals surface area contributed by atoms with E-state index in [4.69, 9.17) is 19.4 Å². The summed E-state index contributed by atoms with van der Waals surface area (Å²) in [6, 6.07) is 8.05. The fourth-order valence-corrected chi connectivity index (χ4v) is 4.24. The number of nitrogens with one attached hydrogen (secondary N) is 1. The van der Waals surface area contributed by atoms with Gasteiger partial charge in [-0.1, -0.05) is 12.1 Å². The number of aromatic nitrogens is 4. The zero-order chi connectivity index (χ0) is 24.3. The molecule has 1 aliphatic rings. The van der Waals surface area contributed by atoms with E-state index in [9.17, 15) is 5.11 Å². The van der Waals surface area contributed by atoms with Crippen LogP contribution >= 0.6 is 0 Å². The van der Waals surface area contributed by atoms with E-state index in [0.29, 0.717) is 24.2 Å². The van der Waals surface area contributed by atoms with Crippen LogP contribution < -0.4 is 15.0 Å². The van der Waals surface area contributed by atoms with Gasteiger partial charge in [0.1, 0.15) is 24.3 Å². The molecule has 1 fully saturated rings. The SMILES string of the molecule is CNCC(O)COc1cccc(-c2nc(N(C)C3CCOCC3)c3cnn(C(C)(C)C)c3n2)c1. The minimum Gasteiger partial charge on any atom is -0.491 e. The largest absolute Gasteiger partial charge is 0.491 e. The third kappa shape index (κ3) is 5.32. The van der Waals surface area contributed by atoms with Crippen molar-refractivity contribution in [3.8, 4) is 17.1 Å². The second-order valence-corrected chi connectivity index (χ2v) is 9.84. The second kappa shape index (κ2) is 10.2. The number of rotatable bonds is 8. The van der Waals surface area contributed by atoms with Crippen LogP contribution in [0.3, 0.4) is 0 Å². The third-order valence-electron chi connectivity index (χ3n) is 6.09. The fourth-order valence-electron chi connectivity index (χ4n) is 4.24. The predicted octanol–water partition coefficient (Wildman–Crippen LogP) is 2.82. The van der Waals surface area contributed by atoms with Gasteiger partial charge in [-0.05, 0) is 52.8 Å². The summed E-state index contributed by atoms with van der Waals surface area (Å²) >= 11 is 0. The Hall–Kier alpha value is -2.75. The van der Waals surface area contributed by atoms with Crippen molar-refractivity contribution in [1.29, 1.82) is 0 Å². The van der Waals surface area contributed by atoms with Crippen molar-refractivity contribution < 1.29 is 14.6 Å². The van der Waals surface area contributed by atoms with Crippen LogP contribution in [0.1, 0.15) is 33.6 Å². The number of anilines is 1. The number of ether oxygens (including phenoxy) is 2. The van der Waals surface area contributed by atoms with E-state index in [-0.39, 0.29) is 12.1 Å². The first-order chi connectivity index (χ1) is 16.3. The molecule has 1 aliphatic heterocycles. The Balaban J connectivity index is 1.74. The van der Waals surface area contributed by atoms with Gasteiger partial charge in [0, 0.05) is 38.4 Å². The average molecular weight is 469 g/mol. The number of aliphatic hydroxyl groups excluding tert-OH is 1. The summed E-state index contributed by atoms with van der Waals surface area (Å²) in [6.07, 6.45) is 3.21. The van der Waals surface area contributed by atoms with Gasteiger partial charge >= 0.3 is 0 Å². The van der Waals surface area contributed by atoms with E-state index in [1.807, 2.05) is 35.1 Å². The topological polar surface area (TPSA) is 97.6 Å². The van der Waals surface area contributed by atoms with E-state index >= 15 is 0 Å². The van der Waals surface area contributed by atoms with Crippen LogP contribution in [0.5, 0.6) is 5.75 Å². The molecule has 184 valence electrons. The maximum absolute atomic E-state index is 9.98. The van der Waals surface area contributed by atoms with Crippen molar-refractivity contribution in [2.75, 3.05) is 45.4 Å². The van der Waals surface area contributed by atoms with Crippen LogP contribution in [-0.2, 0) is 10.3 Å². The average Bonchev–Trinajstić information content (AvgIpc) is 3.27. The van der Waals surface area contributed by atoms with Gasteiger partial charge in [-0.25, -0.2) is 14.6 Å². The van der Waals surface area contributed by atoms with Crippen LogP contribution in [0.2, 0.25) is 0 Å². The van der Waals surface area contributed by atoms with E-state index in [1.54, 1.807) is 7.05 Å². The lowest BCUT2D eigenvalue weighted by molar-refractivity contribution is 0.0854. The van der Waals surface area contributed by atoms with Gasteiger partial charge in [0.2, 0.25) is 0 Å². The Bertz CT molecular complexity index is 1100. The summed E-state index contributed by atoms with van der Waals surface area (Å²) in [4.78, 5) is 12.2. The van der Waals surface area contributed by atoms with Crippen molar-refractivity contribution in [3.63, 3.8) is 0 Å². The number of nitrogens with zero attached hydrogens (tertiary/aromatic N) is 5. The summed E-state index contributed by atoms with van der Waals surface area (Å²) in [5.41, 5.74) is 1.43. The van der Waals surface area contributed by atoms with Crippen LogP contribution in [0, 0.1) is 0 Å². The van der Waals surface area contributed by atoms with Crippen molar-refractivity contribution >= 4 is 16.9 Å². The molecule has 2 N–H and O–H groups in total. The summed E-state index contributed by atoms with van der Waals surface area (Å²) in [7, 11) is 3.90. The van der Waals surface area contributed by atoms with Crippen LogP contribution in [-0.4, -0.2) is 77.5 Å². The summed E-state index contributed by atoms with van der Waals surface area (Å²) in [6.45, 7) is 8.55. The summed E-state index contributed by atoms with van der Waals surface area (Å²) in [5, 5.41) is 18.5. The Kier molecular flexibility index (Phi) is 7.35. The molecule has 1 saturated heterocycles. The molecule has 0 radical (unpaired) electrons. The highest BCUT2D eigenvalue weighted by atomic mass is 16.5. The van der Waals surface area contributed by atoms with Crippen molar-refractivity contribution in [2.24, 2.45) is 0 Å². The molecule has 3 heterocycles. The van der Waals surface area contributed by atoms with Crippen LogP contribution in [0.4, 0.5) is 5.82 Å². The molecule has 9 heteroatoms. The summed E-state index contributed by atoms with van der Waals surface area (Å²) < 4.78 is 13.4. The van der Waals surface area contributed by atoms with Crippen molar-refractivity contribution in [1.82, 2.24) is 25.1 Å². The quantitative estimate of drug-likeness (QED) is 0.521. The fraction of sp³-hybridized carbons (Fsp3) is 0.560. The third-order valence-corrected chi connectivity index (χ3v) is 6.09. The lowest BCUT2D eigenvalue weighted by atomic mass is 10.1. The number of hydrogen-bond donors (Lipinski definition) is 2. The van der Waals surface area contributed by atoms with E-state index in [2.05, 4.69) is 43.1 Å². The van der Waals surface area contributed by atoms with Gasteiger partial charge < -0.3 is 24.8 Å². The highest BCUT2D eigenvalue weighted by Gasteiger charge is 2.26. The number of hydrogen-bond acceptors (Lipinski definition) is 8. The van der Waals surface area contributed by atoms with E-state index in [1.165, 1.54) is 0 Å². The molecule has 0 bridgehead atoms. The minimum absolute atomic E-state index is 0.207. The van der Waals surface area contributed by atoms with Crippen LogP contribution in [0.25, 0.3) is 22.4 Å². The highest BCUT2D eigenvalue weighted by Crippen LogP contribution is 2.32. The number of aliphatic hydroxyl groups is 1. The smallest absolute Gasteiger partial charge is 0.164 e. The normalized spacial score (nSPS) is 16.1. The molecule has 0 amide bonds. The van der Waals surface area contributed by atoms with Gasteiger partial charge in [0.15, 0.2) is 11.5 Å². The maximum atomic E-state index is 9.98. The lowest BCUT2D eigenvalue weighted by Crippen LogP contribution is -2.37. The molecule has 1 unspecified atom stereocenters. The molecule has 34 heavy (non-hydrogen) atoms. The van der Waals surface area contributed by atoms with Crippen molar-refractivity contribution in [3.05, 3.63) is 30.5 Å². The van der Waals surface area contributed by atoms with E-state index in [0.717, 1.165) is 48.5 Å². The number of likely N-dealkylation sites (N-methyl/N-ethyl adjacent to an activating group) is 1. The molecule has 2 aromatic heterocycles. The molecule has 3 aromatic rings. The van der Waals surface area contributed by atoms with Gasteiger partial charge in [-0.15, -0.1) is 0 Å². The molecular formula is C25H36N6O3. The van der Waals surface area contributed by atoms with Gasteiger partial charge in [-0.2, -0.15) is 5.10 Å². The molecule has 4 rings (SSSR count). The monoisotopic (exact) mass is 468 g/mol. The zero-order valence-corrected chi connectivity index (χ0v) is 20.8. The Labute approximate surface area is 201 Å². The molecule has 1 aromatic carbocycles. The Morgan fingerprint density at radius 3 is 2.74 bits per heavy atom. The van der Waals surface area contributed by atoms with Crippen molar-refractivity contribution in [2.45, 2.75) is 51.3 Å². The Morgan fingerprint density at radius 2 is 2.03 bits per heavy atom. The highest BCUT2D eigenvalue weighted by molar-refractivity contribution is 5.89. The molecule has 0 spiro atoms. The predicted molar refractivity (Wildman–Crippen MR) is 133 cm³/mol. The Morgan fingerprint density at radius 1 is 1.26 bits per heavy atom. The van der Waals surface area contributed by atoms with E-state index < -0.39 is 6.10 Å². The maximum Gasteiger partial charge on any atom is 0.164 e. The molecule has 0 saturated carbocycles. The number of benzene rings is 1. The first-order valence-corrected chi connectivity index (χ1v) is 11.9. The molecule has 0 aliphatic carbocycles. The minimum atomic E-state index is -0.581.